The second-order valence-electron chi connectivity index (χ2n) is 8.14. The molecule has 4 rings (SSSR count). The topological polar surface area (TPSA) is 62.8 Å². The van der Waals surface area contributed by atoms with Crippen LogP contribution in [0.1, 0.15) is 46.8 Å². The van der Waals surface area contributed by atoms with Crippen LogP contribution in [0.3, 0.4) is 0 Å². The van der Waals surface area contributed by atoms with E-state index in [-0.39, 0.29) is 16.8 Å². The first kappa shape index (κ1) is 17.9. The summed E-state index contributed by atoms with van der Waals surface area (Å²) in [7, 11) is 0. The van der Waals surface area contributed by atoms with Gasteiger partial charge in [-0.1, -0.05) is 43.7 Å². The van der Waals surface area contributed by atoms with Crippen LogP contribution >= 0.6 is 11.3 Å². The van der Waals surface area contributed by atoms with E-state index in [1.807, 2.05) is 26.0 Å². The van der Waals surface area contributed by atoms with Crippen LogP contribution in [0.25, 0.3) is 21.8 Å². The number of hydrogen-bond donors (Lipinski definition) is 1. The van der Waals surface area contributed by atoms with Gasteiger partial charge in [-0.05, 0) is 31.7 Å². The summed E-state index contributed by atoms with van der Waals surface area (Å²) >= 11 is 1.49. The molecule has 0 bridgehead atoms. The Hall–Kier alpha value is -2.53. The van der Waals surface area contributed by atoms with Crippen molar-refractivity contribution in [1.29, 1.82) is 0 Å². The van der Waals surface area contributed by atoms with Crippen molar-refractivity contribution < 1.29 is 4.79 Å². The summed E-state index contributed by atoms with van der Waals surface area (Å²) < 4.78 is 0. The minimum absolute atomic E-state index is 0.0887. The molecule has 138 valence electrons. The number of thiazole rings is 1. The lowest BCUT2D eigenvalue weighted by atomic mass is 9.75. The highest BCUT2D eigenvalue weighted by Gasteiger charge is 2.32. The van der Waals surface area contributed by atoms with Crippen molar-refractivity contribution in [2.24, 2.45) is 5.41 Å². The van der Waals surface area contributed by atoms with Gasteiger partial charge in [-0.3, -0.25) is 9.59 Å². The molecule has 5 heteroatoms. The summed E-state index contributed by atoms with van der Waals surface area (Å²) in [6, 6.07) is 9.94. The summed E-state index contributed by atoms with van der Waals surface area (Å²) in [5, 5.41) is 0.657. The lowest BCUT2D eigenvalue weighted by molar-refractivity contribution is 0.0910. The predicted octanol–water partition coefficient (Wildman–Crippen LogP) is 4.94. The highest BCUT2D eigenvalue weighted by molar-refractivity contribution is 7.15. The number of aryl methyl sites for hydroxylation is 2. The first-order valence-electron chi connectivity index (χ1n) is 9.08. The van der Waals surface area contributed by atoms with Gasteiger partial charge in [-0.25, -0.2) is 4.98 Å². The summed E-state index contributed by atoms with van der Waals surface area (Å²) in [6.07, 6.45) is 1.20. The van der Waals surface area contributed by atoms with Gasteiger partial charge in [0.15, 0.2) is 5.78 Å². The van der Waals surface area contributed by atoms with Crippen molar-refractivity contribution in [3.63, 3.8) is 0 Å². The normalized spacial score (nSPS) is 15.6. The molecule has 1 N–H and O–H groups in total. The van der Waals surface area contributed by atoms with Crippen LogP contribution < -0.4 is 5.56 Å². The number of carbonyl (C=O) groups is 1. The predicted molar refractivity (Wildman–Crippen MR) is 110 cm³/mol. The van der Waals surface area contributed by atoms with Gasteiger partial charge in [0.2, 0.25) is 0 Å². The number of fused-ring (bicyclic) bond motifs is 1. The molecule has 2 aromatic heterocycles. The molecule has 3 aromatic rings. The summed E-state index contributed by atoms with van der Waals surface area (Å²) in [5.41, 5.74) is 4.68. The van der Waals surface area contributed by atoms with Crippen LogP contribution in [0.4, 0.5) is 0 Å². The smallest absolute Gasteiger partial charge is 0.258 e. The van der Waals surface area contributed by atoms with E-state index in [0.717, 1.165) is 21.8 Å². The van der Waals surface area contributed by atoms with E-state index < -0.39 is 0 Å². The van der Waals surface area contributed by atoms with Gasteiger partial charge in [-0.2, -0.15) is 0 Å². The third kappa shape index (κ3) is 3.28. The fourth-order valence-electron chi connectivity index (χ4n) is 3.68. The number of H-pyrrole nitrogens is 1. The second-order valence-corrected chi connectivity index (χ2v) is 9.34. The maximum atomic E-state index is 12.7. The Labute approximate surface area is 162 Å². The van der Waals surface area contributed by atoms with E-state index in [2.05, 4.69) is 31.0 Å². The van der Waals surface area contributed by atoms with Crippen molar-refractivity contribution in [3.8, 4) is 21.8 Å². The van der Waals surface area contributed by atoms with Gasteiger partial charge < -0.3 is 4.98 Å². The Morgan fingerprint density at radius 2 is 1.74 bits per heavy atom. The molecule has 0 saturated heterocycles. The minimum Gasteiger partial charge on any atom is -0.325 e. The number of nitrogens with one attached hydrogen (secondary N) is 1. The number of ketones is 1. The van der Waals surface area contributed by atoms with E-state index in [1.165, 1.54) is 16.9 Å². The first-order valence-corrected chi connectivity index (χ1v) is 9.89. The Balaban J connectivity index is 1.80. The number of nitrogens with zero attached hydrogens (tertiary/aromatic N) is 1. The Morgan fingerprint density at radius 3 is 2.44 bits per heavy atom. The van der Waals surface area contributed by atoms with E-state index >= 15 is 0 Å². The molecule has 0 amide bonds. The standard InChI is InChI=1S/C22H22N2O2S/c1-12-5-7-14(8-6-12)19-13(2)27-21(24-19)16-9-15-17(23-20(16)26)10-22(3,4)11-18(15)25/h5-9H,10-11H2,1-4H3,(H,23,26). The van der Waals surface area contributed by atoms with E-state index in [0.29, 0.717) is 29.0 Å². The van der Waals surface area contributed by atoms with Crippen LogP contribution in [0.5, 0.6) is 0 Å². The van der Waals surface area contributed by atoms with Crippen molar-refractivity contribution in [1.82, 2.24) is 9.97 Å². The minimum atomic E-state index is -0.177. The van der Waals surface area contributed by atoms with Crippen molar-refractivity contribution in [3.05, 3.63) is 62.4 Å². The number of Topliss-reactive ketones (excluding diaryl/α,β-unsaturated/α-hetero) is 1. The number of carbonyl (C=O) groups excluding carboxylic acids is 1. The SMILES string of the molecule is Cc1ccc(-c2nc(-c3cc4c([nH]c3=O)CC(C)(C)CC4=O)sc2C)cc1. The zero-order chi connectivity index (χ0) is 19.3. The lowest BCUT2D eigenvalue weighted by Crippen LogP contribution is -2.30. The Kier molecular flexibility index (Phi) is 4.15. The van der Waals surface area contributed by atoms with Crippen LogP contribution in [0.2, 0.25) is 0 Å². The molecule has 1 aliphatic rings. The number of aromatic amines is 1. The maximum Gasteiger partial charge on any atom is 0.258 e. The molecule has 0 unspecified atom stereocenters. The van der Waals surface area contributed by atoms with Gasteiger partial charge in [0.25, 0.3) is 5.56 Å². The van der Waals surface area contributed by atoms with Crippen LogP contribution in [-0.2, 0) is 6.42 Å². The average molecular weight is 378 g/mol. The molecule has 27 heavy (non-hydrogen) atoms. The number of benzene rings is 1. The monoisotopic (exact) mass is 378 g/mol. The first-order chi connectivity index (χ1) is 12.7. The summed E-state index contributed by atoms with van der Waals surface area (Å²) in [6.45, 7) is 8.17. The molecule has 0 aliphatic heterocycles. The molecular formula is C22H22N2O2S. The molecular weight excluding hydrogens is 356 g/mol. The maximum absolute atomic E-state index is 12.7. The highest BCUT2D eigenvalue weighted by atomic mass is 32.1. The number of aromatic nitrogens is 2. The molecule has 1 aliphatic carbocycles. The number of rotatable bonds is 2. The zero-order valence-electron chi connectivity index (χ0n) is 16.0. The third-order valence-electron chi connectivity index (χ3n) is 5.07. The molecule has 0 saturated carbocycles. The molecule has 2 heterocycles. The molecule has 4 nitrogen and oxygen atoms in total. The van der Waals surface area contributed by atoms with Gasteiger partial charge in [-0.15, -0.1) is 11.3 Å². The fourth-order valence-corrected chi connectivity index (χ4v) is 4.63. The van der Waals surface area contributed by atoms with Gasteiger partial charge in [0, 0.05) is 28.1 Å². The molecule has 0 spiro atoms. The van der Waals surface area contributed by atoms with Gasteiger partial charge in [0.1, 0.15) is 5.01 Å². The lowest BCUT2D eigenvalue weighted by Gasteiger charge is -2.29. The molecule has 1 aromatic carbocycles. The zero-order valence-corrected chi connectivity index (χ0v) is 16.8. The largest absolute Gasteiger partial charge is 0.325 e. The van der Waals surface area contributed by atoms with Crippen LogP contribution in [-0.4, -0.2) is 15.8 Å². The van der Waals surface area contributed by atoms with Crippen molar-refractivity contribution >= 4 is 17.1 Å². The Bertz CT molecular complexity index is 1100. The van der Waals surface area contributed by atoms with Crippen molar-refractivity contribution in [2.45, 2.75) is 40.5 Å². The average Bonchev–Trinajstić information content (AvgIpc) is 2.95. The van der Waals surface area contributed by atoms with E-state index in [4.69, 9.17) is 4.98 Å². The van der Waals surface area contributed by atoms with Gasteiger partial charge in [0.05, 0.1) is 11.3 Å². The fraction of sp³-hybridized carbons (Fsp3) is 0.318. The summed E-state index contributed by atoms with van der Waals surface area (Å²) in [5.74, 6) is 0.0887. The molecule has 0 fully saturated rings. The van der Waals surface area contributed by atoms with Crippen LogP contribution in [0, 0.1) is 19.3 Å². The molecule has 0 atom stereocenters. The van der Waals surface area contributed by atoms with E-state index in [9.17, 15) is 9.59 Å². The number of hydrogen-bond acceptors (Lipinski definition) is 4. The van der Waals surface area contributed by atoms with Crippen LogP contribution in [0.15, 0.2) is 35.1 Å². The van der Waals surface area contributed by atoms with E-state index in [1.54, 1.807) is 6.07 Å². The highest BCUT2D eigenvalue weighted by Crippen LogP contribution is 2.36. The molecule has 0 radical (unpaired) electrons. The Morgan fingerprint density at radius 1 is 1.04 bits per heavy atom. The van der Waals surface area contributed by atoms with Crippen molar-refractivity contribution in [2.75, 3.05) is 0 Å². The number of pyridine rings is 1. The quantitative estimate of drug-likeness (QED) is 0.687. The third-order valence-corrected chi connectivity index (χ3v) is 6.07. The van der Waals surface area contributed by atoms with Gasteiger partial charge >= 0.3 is 0 Å². The second kappa shape index (κ2) is 6.27. The summed E-state index contributed by atoms with van der Waals surface area (Å²) in [4.78, 5) is 34.0.